The van der Waals surface area contributed by atoms with Crippen molar-refractivity contribution in [2.24, 2.45) is 35.0 Å². The van der Waals surface area contributed by atoms with Gasteiger partial charge in [-0.3, -0.25) is 4.79 Å². The van der Waals surface area contributed by atoms with E-state index in [1.54, 1.807) is 0 Å². The Morgan fingerprint density at radius 3 is 2.06 bits per heavy atom. The number of Topliss-reactive ketones (excluding diaryl/α,β-unsaturated/α-hetero) is 1. The van der Waals surface area contributed by atoms with E-state index in [2.05, 4.69) is 6.92 Å². The first-order chi connectivity index (χ1) is 8.66. The molecule has 5 saturated carbocycles. The lowest BCUT2D eigenvalue weighted by Crippen LogP contribution is -2.53. The highest BCUT2D eigenvalue weighted by Gasteiger charge is 2.56. The maximum absolute atomic E-state index is 12.5. The van der Waals surface area contributed by atoms with Gasteiger partial charge in [-0.05, 0) is 80.5 Å². The lowest BCUT2D eigenvalue weighted by molar-refractivity contribution is -0.147. The molecular formula is C17H26O. The van der Waals surface area contributed by atoms with Crippen molar-refractivity contribution >= 4 is 5.78 Å². The minimum Gasteiger partial charge on any atom is -0.299 e. The van der Waals surface area contributed by atoms with Crippen molar-refractivity contribution in [3.8, 4) is 0 Å². The Kier molecular flexibility index (Phi) is 2.45. The van der Waals surface area contributed by atoms with E-state index in [1.807, 2.05) is 0 Å². The second-order valence-corrected chi connectivity index (χ2v) is 8.09. The van der Waals surface area contributed by atoms with Crippen LogP contribution >= 0.6 is 0 Å². The van der Waals surface area contributed by atoms with E-state index in [4.69, 9.17) is 0 Å². The molecule has 0 spiro atoms. The standard InChI is InChI=1S/C17H26O/c1-11-3-2-4-15(18)16(11)17-8-12-5-13(9-17)7-14(6-12)10-17/h11-14,16H,2-10H2,1H3/t11-,12?,13?,14?,16+,17?/m0/s1. The minimum absolute atomic E-state index is 0.444. The highest BCUT2D eigenvalue weighted by molar-refractivity contribution is 5.83. The molecule has 0 aromatic rings. The van der Waals surface area contributed by atoms with Crippen molar-refractivity contribution in [3.63, 3.8) is 0 Å². The zero-order chi connectivity index (χ0) is 12.3. The number of rotatable bonds is 1. The molecule has 0 unspecified atom stereocenters. The first-order valence-corrected chi connectivity index (χ1v) is 8.19. The van der Waals surface area contributed by atoms with Crippen LogP contribution in [0.1, 0.15) is 64.7 Å². The summed E-state index contributed by atoms with van der Waals surface area (Å²) in [6.07, 6.45) is 12.0. The molecule has 0 radical (unpaired) electrons. The van der Waals surface area contributed by atoms with Gasteiger partial charge in [0.25, 0.3) is 0 Å². The molecule has 0 aromatic heterocycles. The fourth-order valence-electron chi connectivity index (χ4n) is 6.74. The Hall–Kier alpha value is -0.330. The van der Waals surface area contributed by atoms with Crippen molar-refractivity contribution in [2.45, 2.75) is 64.7 Å². The largest absolute Gasteiger partial charge is 0.299 e. The van der Waals surface area contributed by atoms with Crippen molar-refractivity contribution < 1.29 is 4.79 Å². The van der Waals surface area contributed by atoms with E-state index in [0.717, 1.165) is 30.6 Å². The summed E-state index contributed by atoms with van der Waals surface area (Å²) >= 11 is 0. The van der Waals surface area contributed by atoms with Crippen LogP contribution in [-0.4, -0.2) is 5.78 Å². The molecule has 2 atom stereocenters. The third-order valence-corrected chi connectivity index (χ3v) is 6.74. The lowest BCUT2D eigenvalue weighted by Gasteiger charge is -2.60. The van der Waals surface area contributed by atoms with Gasteiger partial charge in [0.2, 0.25) is 0 Å². The third kappa shape index (κ3) is 1.55. The van der Waals surface area contributed by atoms with Gasteiger partial charge in [0.15, 0.2) is 0 Å². The van der Waals surface area contributed by atoms with Gasteiger partial charge in [-0.25, -0.2) is 0 Å². The van der Waals surface area contributed by atoms with Gasteiger partial charge >= 0.3 is 0 Å². The fraction of sp³-hybridized carbons (Fsp3) is 0.941. The molecule has 4 bridgehead atoms. The van der Waals surface area contributed by atoms with Crippen LogP contribution in [0, 0.1) is 35.0 Å². The molecule has 5 rings (SSSR count). The molecule has 0 aliphatic heterocycles. The molecule has 1 heteroatoms. The molecule has 100 valence electrons. The highest BCUT2D eigenvalue weighted by Crippen LogP contribution is 2.64. The summed E-state index contributed by atoms with van der Waals surface area (Å²) in [4.78, 5) is 12.5. The average molecular weight is 246 g/mol. The maximum atomic E-state index is 12.5. The summed E-state index contributed by atoms with van der Waals surface area (Å²) in [7, 11) is 0. The molecule has 0 heterocycles. The Balaban J connectivity index is 1.68. The normalized spacial score (nSPS) is 54.9. The minimum atomic E-state index is 0.444. The van der Waals surface area contributed by atoms with Gasteiger partial charge in [-0.1, -0.05) is 6.92 Å². The fourth-order valence-corrected chi connectivity index (χ4v) is 6.74. The summed E-state index contributed by atoms with van der Waals surface area (Å²) in [5, 5.41) is 0. The Labute approximate surface area is 111 Å². The highest BCUT2D eigenvalue weighted by atomic mass is 16.1. The molecule has 5 aliphatic rings. The topological polar surface area (TPSA) is 17.1 Å². The van der Waals surface area contributed by atoms with E-state index in [1.165, 1.54) is 44.9 Å². The summed E-state index contributed by atoms with van der Waals surface area (Å²) < 4.78 is 0. The third-order valence-electron chi connectivity index (χ3n) is 6.74. The van der Waals surface area contributed by atoms with Crippen LogP contribution in [0.4, 0.5) is 0 Å². The van der Waals surface area contributed by atoms with Crippen LogP contribution in [0.2, 0.25) is 0 Å². The monoisotopic (exact) mass is 246 g/mol. The number of hydrogen-bond acceptors (Lipinski definition) is 1. The summed E-state index contributed by atoms with van der Waals surface area (Å²) in [6, 6.07) is 0. The van der Waals surface area contributed by atoms with E-state index >= 15 is 0 Å². The number of ketones is 1. The second kappa shape index (κ2) is 3.84. The average Bonchev–Trinajstić information content (AvgIpc) is 2.26. The van der Waals surface area contributed by atoms with Crippen LogP contribution < -0.4 is 0 Å². The summed E-state index contributed by atoms with van der Waals surface area (Å²) in [5.41, 5.74) is 0.464. The molecule has 0 amide bonds. The zero-order valence-corrected chi connectivity index (χ0v) is 11.7. The van der Waals surface area contributed by atoms with Gasteiger partial charge in [-0.15, -0.1) is 0 Å². The molecule has 1 nitrogen and oxygen atoms in total. The Morgan fingerprint density at radius 2 is 1.56 bits per heavy atom. The SMILES string of the molecule is C[C@H]1CCCC(=O)[C@@H]1C12CC3CC(CC(C3)C1)C2. The van der Waals surface area contributed by atoms with Crippen LogP contribution in [-0.2, 0) is 4.79 Å². The molecule has 0 aromatic carbocycles. The first-order valence-electron chi connectivity index (χ1n) is 8.19. The van der Waals surface area contributed by atoms with Crippen molar-refractivity contribution in [1.82, 2.24) is 0 Å². The number of carbonyl (C=O) groups excluding carboxylic acids is 1. The second-order valence-electron chi connectivity index (χ2n) is 8.09. The van der Waals surface area contributed by atoms with Crippen LogP contribution in [0.3, 0.4) is 0 Å². The van der Waals surface area contributed by atoms with Gasteiger partial charge in [0.1, 0.15) is 5.78 Å². The zero-order valence-electron chi connectivity index (χ0n) is 11.7. The Bertz CT molecular complexity index is 335. The number of hydrogen-bond donors (Lipinski definition) is 0. The molecule has 18 heavy (non-hydrogen) atoms. The van der Waals surface area contributed by atoms with Crippen molar-refractivity contribution in [2.75, 3.05) is 0 Å². The quantitative estimate of drug-likeness (QED) is 0.677. The Morgan fingerprint density at radius 1 is 1.00 bits per heavy atom. The smallest absolute Gasteiger partial charge is 0.136 e. The van der Waals surface area contributed by atoms with Gasteiger partial charge in [0.05, 0.1) is 0 Å². The predicted octanol–water partition coefficient (Wildman–Crippen LogP) is 4.21. The first kappa shape index (κ1) is 11.5. The van der Waals surface area contributed by atoms with Gasteiger partial charge in [0, 0.05) is 12.3 Å². The van der Waals surface area contributed by atoms with Crippen LogP contribution in [0.25, 0.3) is 0 Å². The molecule has 5 aliphatic carbocycles. The van der Waals surface area contributed by atoms with Gasteiger partial charge in [-0.2, -0.15) is 0 Å². The van der Waals surface area contributed by atoms with Crippen molar-refractivity contribution in [1.29, 1.82) is 0 Å². The van der Waals surface area contributed by atoms with E-state index < -0.39 is 0 Å². The van der Waals surface area contributed by atoms with Crippen molar-refractivity contribution in [3.05, 3.63) is 0 Å². The van der Waals surface area contributed by atoms with E-state index in [9.17, 15) is 4.79 Å². The van der Waals surface area contributed by atoms with E-state index in [0.29, 0.717) is 23.0 Å². The van der Waals surface area contributed by atoms with Crippen LogP contribution in [0.5, 0.6) is 0 Å². The molecule has 0 N–H and O–H groups in total. The molecular weight excluding hydrogens is 220 g/mol. The van der Waals surface area contributed by atoms with Gasteiger partial charge < -0.3 is 0 Å². The lowest BCUT2D eigenvalue weighted by atomic mass is 9.44. The van der Waals surface area contributed by atoms with Crippen LogP contribution in [0.15, 0.2) is 0 Å². The van der Waals surface area contributed by atoms with E-state index in [-0.39, 0.29) is 0 Å². The maximum Gasteiger partial charge on any atom is 0.136 e. The number of carbonyl (C=O) groups is 1. The molecule has 0 saturated heterocycles. The summed E-state index contributed by atoms with van der Waals surface area (Å²) in [6.45, 7) is 2.36. The summed E-state index contributed by atoms with van der Waals surface area (Å²) in [5.74, 6) is 4.70. The molecule has 5 fully saturated rings. The predicted molar refractivity (Wildman–Crippen MR) is 72.1 cm³/mol.